The predicted octanol–water partition coefficient (Wildman–Crippen LogP) is 0.582. The number of hydrogen-bond acceptors (Lipinski definition) is 6. The molecule has 9 heteroatoms. The van der Waals surface area contributed by atoms with Crippen molar-refractivity contribution in [3.05, 3.63) is 18.2 Å². The van der Waals surface area contributed by atoms with Crippen LogP contribution in [0.5, 0.6) is 11.5 Å². The average molecular weight is 358 g/mol. The first-order chi connectivity index (χ1) is 11.2. The molecule has 0 spiro atoms. The second-order valence-corrected chi connectivity index (χ2v) is 7.49. The van der Waals surface area contributed by atoms with Gasteiger partial charge in [-0.25, -0.2) is 8.42 Å². The highest BCUT2D eigenvalue weighted by atomic mass is 32.2. The van der Waals surface area contributed by atoms with Crippen molar-refractivity contribution >= 4 is 27.3 Å². The van der Waals surface area contributed by atoms with E-state index in [1.54, 1.807) is 18.2 Å². The number of carbonyl (C=O) groups excluding carboxylic acids is 2. The number of anilines is 1. The summed E-state index contributed by atoms with van der Waals surface area (Å²) in [5, 5.41) is 5.08. The van der Waals surface area contributed by atoms with Crippen LogP contribution in [0.2, 0.25) is 0 Å². The van der Waals surface area contributed by atoms with Crippen molar-refractivity contribution in [2.24, 2.45) is 0 Å². The fourth-order valence-electron chi connectivity index (χ4n) is 1.97. The molecule has 0 bridgehead atoms. The lowest BCUT2D eigenvalue weighted by atomic mass is 10.2. The second-order valence-electron chi connectivity index (χ2n) is 5.23. The number of methoxy groups -OCH3 is 2. The summed E-state index contributed by atoms with van der Waals surface area (Å²) in [6.07, 6.45) is 1.05. The lowest BCUT2D eigenvalue weighted by Gasteiger charge is -2.18. The van der Waals surface area contributed by atoms with Gasteiger partial charge < -0.3 is 20.1 Å². The molecule has 2 amide bonds. The van der Waals surface area contributed by atoms with E-state index in [2.05, 4.69) is 10.6 Å². The first-order valence-corrected chi connectivity index (χ1v) is 9.20. The van der Waals surface area contributed by atoms with Crippen molar-refractivity contribution in [3.63, 3.8) is 0 Å². The number of amides is 2. The second kappa shape index (κ2) is 8.53. The van der Waals surface area contributed by atoms with Crippen LogP contribution in [0, 0.1) is 0 Å². The lowest BCUT2D eigenvalue weighted by molar-refractivity contribution is -0.125. The maximum absolute atomic E-state index is 12.4. The number of carbonyl (C=O) groups is 2. The Labute approximate surface area is 141 Å². The molecule has 0 aliphatic rings. The van der Waals surface area contributed by atoms with Crippen molar-refractivity contribution in [1.29, 1.82) is 0 Å². The standard InChI is InChI=1S/C15H22N2O6S/c1-10(18)16-13(7-8-24(4,20)21)15(19)17-12-6-5-11(22-2)9-14(12)23-3/h5-6,9,13H,7-8H2,1-4H3,(H,16,18)(H,17,19)/t13-/m0/s1. The predicted molar refractivity (Wildman–Crippen MR) is 90.1 cm³/mol. The number of hydrogen-bond donors (Lipinski definition) is 2. The molecule has 0 aliphatic heterocycles. The molecule has 24 heavy (non-hydrogen) atoms. The third-order valence-corrected chi connectivity index (χ3v) is 4.12. The van der Waals surface area contributed by atoms with Gasteiger partial charge >= 0.3 is 0 Å². The van der Waals surface area contributed by atoms with Crippen LogP contribution in [0.4, 0.5) is 5.69 Å². The zero-order chi connectivity index (χ0) is 18.3. The Morgan fingerprint density at radius 2 is 1.88 bits per heavy atom. The smallest absolute Gasteiger partial charge is 0.247 e. The Bertz CT molecular complexity index is 702. The van der Waals surface area contributed by atoms with Gasteiger partial charge in [0.1, 0.15) is 27.4 Å². The average Bonchev–Trinajstić information content (AvgIpc) is 2.50. The zero-order valence-electron chi connectivity index (χ0n) is 14.1. The van der Waals surface area contributed by atoms with E-state index in [9.17, 15) is 18.0 Å². The van der Waals surface area contributed by atoms with Gasteiger partial charge in [0.25, 0.3) is 0 Å². The summed E-state index contributed by atoms with van der Waals surface area (Å²) in [7, 11) is -0.307. The molecule has 0 heterocycles. The molecule has 1 aromatic rings. The number of ether oxygens (including phenoxy) is 2. The van der Waals surface area contributed by atoms with E-state index in [1.807, 2.05) is 0 Å². The molecule has 0 saturated carbocycles. The number of benzene rings is 1. The molecule has 1 atom stereocenters. The minimum Gasteiger partial charge on any atom is -0.497 e. The minimum absolute atomic E-state index is 0.0251. The molecule has 1 aromatic carbocycles. The molecule has 8 nitrogen and oxygen atoms in total. The SMILES string of the molecule is COc1ccc(NC(=O)[C@H](CCS(C)(=O)=O)NC(C)=O)c(OC)c1. The Hall–Kier alpha value is -2.29. The lowest BCUT2D eigenvalue weighted by Crippen LogP contribution is -2.44. The van der Waals surface area contributed by atoms with Gasteiger partial charge in [0.15, 0.2) is 0 Å². The van der Waals surface area contributed by atoms with E-state index < -0.39 is 27.7 Å². The molecule has 134 valence electrons. The molecule has 0 radical (unpaired) electrons. The summed E-state index contributed by atoms with van der Waals surface area (Å²) >= 11 is 0. The van der Waals surface area contributed by atoms with Gasteiger partial charge in [-0.3, -0.25) is 9.59 Å². The molecule has 0 aromatic heterocycles. The van der Waals surface area contributed by atoms with Crippen LogP contribution < -0.4 is 20.1 Å². The van der Waals surface area contributed by atoms with Crippen LogP contribution in [0.25, 0.3) is 0 Å². The van der Waals surface area contributed by atoms with Gasteiger partial charge in [0.2, 0.25) is 11.8 Å². The molecular weight excluding hydrogens is 336 g/mol. The highest BCUT2D eigenvalue weighted by molar-refractivity contribution is 7.90. The molecule has 0 saturated heterocycles. The fraction of sp³-hybridized carbons (Fsp3) is 0.467. The van der Waals surface area contributed by atoms with Crippen molar-refractivity contribution in [1.82, 2.24) is 5.32 Å². The molecule has 2 N–H and O–H groups in total. The van der Waals surface area contributed by atoms with Gasteiger partial charge in [-0.2, -0.15) is 0 Å². The fourth-order valence-corrected chi connectivity index (χ4v) is 2.63. The monoisotopic (exact) mass is 358 g/mol. The van der Waals surface area contributed by atoms with Crippen LogP contribution >= 0.6 is 0 Å². The minimum atomic E-state index is -3.26. The quantitative estimate of drug-likeness (QED) is 0.703. The van der Waals surface area contributed by atoms with E-state index >= 15 is 0 Å². The van der Waals surface area contributed by atoms with Crippen molar-refractivity contribution in [3.8, 4) is 11.5 Å². The Kier molecular flexibility index (Phi) is 7.02. The van der Waals surface area contributed by atoms with Gasteiger partial charge in [-0.15, -0.1) is 0 Å². The van der Waals surface area contributed by atoms with Gasteiger partial charge in [0, 0.05) is 19.2 Å². The van der Waals surface area contributed by atoms with Crippen molar-refractivity contribution in [2.45, 2.75) is 19.4 Å². The maximum atomic E-state index is 12.4. The van der Waals surface area contributed by atoms with Crippen LogP contribution in [0.15, 0.2) is 18.2 Å². The topological polar surface area (TPSA) is 111 Å². The summed E-state index contributed by atoms with van der Waals surface area (Å²) in [4.78, 5) is 23.6. The van der Waals surface area contributed by atoms with Crippen molar-refractivity contribution in [2.75, 3.05) is 31.5 Å². The van der Waals surface area contributed by atoms with E-state index in [-0.39, 0.29) is 12.2 Å². The Balaban J connectivity index is 2.92. The highest BCUT2D eigenvalue weighted by Crippen LogP contribution is 2.29. The van der Waals surface area contributed by atoms with Gasteiger partial charge in [-0.05, 0) is 18.6 Å². The van der Waals surface area contributed by atoms with Gasteiger partial charge in [-0.1, -0.05) is 0 Å². The first kappa shape index (κ1) is 19.8. The molecule has 0 aliphatic carbocycles. The summed E-state index contributed by atoms with van der Waals surface area (Å²) in [6.45, 7) is 1.26. The highest BCUT2D eigenvalue weighted by Gasteiger charge is 2.22. The number of nitrogens with one attached hydrogen (secondary N) is 2. The number of rotatable bonds is 8. The molecule has 1 rings (SSSR count). The van der Waals surface area contributed by atoms with E-state index in [0.29, 0.717) is 17.2 Å². The van der Waals surface area contributed by atoms with E-state index in [1.165, 1.54) is 21.1 Å². The van der Waals surface area contributed by atoms with Crippen LogP contribution in [0.3, 0.4) is 0 Å². The Morgan fingerprint density at radius 3 is 2.38 bits per heavy atom. The third-order valence-electron chi connectivity index (χ3n) is 3.14. The molecule has 0 unspecified atom stereocenters. The van der Waals surface area contributed by atoms with E-state index in [0.717, 1.165) is 6.26 Å². The zero-order valence-corrected chi connectivity index (χ0v) is 14.9. The summed E-state index contributed by atoms with van der Waals surface area (Å²) in [5.41, 5.74) is 0.387. The summed E-state index contributed by atoms with van der Waals surface area (Å²) < 4.78 is 32.9. The first-order valence-electron chi connectivity index (χ1n) is 7.14. The maximum Gasteiger partial charge on any atom is 0.247 e. The van der Waals surface area contributed by atoms with Crippen LogP contribution in [0.1, 0.15) is 13.3 Å². The van der Waals surface area contributed by atoms with E-state index in [4.69, 9.17) is 9.47 Å². The van der Waals surface area contributed by atoms with Crippen LogP contribution in [-0.4, -0.2) is 52.5 Å². The number of sulfone groups is 1. The van der Waals surface area contributed by atoms with Crippen molar-refractivity contribution < 1.29 is 27.5 Å². The summed E-state index contributed by atoms with van der Waals surface area (Å²) in [5.74, 6) is -0.235. The van der Waals surface area contributed by atoms with Gasteiger partial charge in [0.05, 0.1) is 25.7 Å². The largest absolute Gasteiger partial charge is 0.497 e. The molecule has 0 fully saturated rings. The van der Waals surface area contributed by atoms with Crippen LogP contribution in [-0.2, 0) is 19.4 Å². The molecular formula is C15H22N2O6S. The third kappa shape index (κ3) is 6.45. The summed E-state index contributed by atoms with van der Waals surface area (Å²) in [6, 6.07) is 3.86. The normalized spacial score (nSPS) is 12.2. The Morgan fingerprint density at radius 1 is 1.21 bits per heavy atom.